The summed E-state index contributed by atoms with van der Waals surface area (Å²) in [6.07, 6.45) is 2.24. The fourth-order valence-corrected chi connectivity index (χ4v) is 3.49. The Morgan fingerprint density at radius 1 is 1.16 bits per heavy atom. The molecule has 0 bridgehead atoms. The first kappa shape index (κ1) is 14.0. The third-order valence-electron chi connectivity index (χ3n) is 3.31. The number of nitrogens with one attached hydrogen (secondary N) is 1. The SMILES string of the molecule is N#Cc1ccc(S(=O)(=O)NC2CCC(O)CC2)cc1. The minimum absolute atomic E-state index is 0.121. The smallest absolute Gasteiger partial charge is 0.240 e. The van der Waals surface area contributed by atoms with Gasteiger partial charge >= 0.3 is 0 Å². The first-order chi connectivity index (χ1) is 9.01. The zero-order valence-corrected chi connectivity index (χ0v) is 11.2. The summed E-state index contributed by atoms with van der Waals surface area (Å²) in [6, 6.07) is 7.66. The van der Waals surface area contributed by atoms with Gasteiger partial charge in [-0.25, -0.2) is 13.1 Å². The van der Waals surface area contributed by atoms with Crippen molar-refractivity contribution in [1.29, 1.82) is 5.26 Å². The third-order valence-corrected chi connectivity index (χ3v) is 4.85. The van der Waals surface area contributed by atoms with E-state index >= 15 is 0 Å². The molecule has 0 atom stereocenters. The summed E-state index contributed by atoms with van der Waals surface area (Å²) in [4.78, 5) is 0.164. The minimum atomic E-state index is -3.54. The van der Waals surface area contributed by atoms with Gasteiger partial charge < -0.3 is 5.11 Å². The molecule has 0 unspecified atom stereocenters. The number of nitrogens with zero attached hydrogens (tertiary/aromatic N) is 1. The largest absolute Gasteiger partial charge is 0.393 e. The van der Waals surface area contributed by atoms with Crippen molar-refractivity contribution in [3.05, 3.63) is 29.8 Å². The molecule has 19 heavy (non-hydrogen) atoms. The Balaban J connectivity index is 2.07. The van der Waals surface area contributed by atoms with Gasteiger partial charge in [0.2, 0.25) is 10.0 Å². The second-order valence-electron chi connectivity index (χ2n) is 4.76. The molecule has 2 rings (SSSR count). The number of hydrogen-bond donors (Lipinski definition) is 2. The van der Waals surface area contributed by atoms with E-state index in [9.17, 15) is 13.5 Å². The van der Waals surface area contributed by atoms with Gasteiger partial charge in [-0.3, -0.25) is 0 Å². The number of aliphatic hydroxyl groups is 1. The van der Waals surface area contributed by atoms with E-state index in [1.54, 1.807) is 0 Å². The van der Waals surface area contributed by atoms with Gasteiger partial charge in [0.05, 0.1) is 22.6 Å². The maximum atomic E-state index is 12.1. The molecule has 0 saturated heterocycles. The van der Waals surface area contributed by atoms with Crippen LogP contribution in [0.1, 0.15) is 31.2 Å². The molecule has 1 saturated carbocycles. The molecule has 1 aromatic rings. The van der Waals surface area contributed by atoms with E-state index < -0.39 is 10.0 Å². The Hall–Kier alpha value is -1.42. The normalized spacial score (nSPS) is 23.8. The lowest BCUT2D eigenvalue weighted by molar-refractivity contribution is 0.120. The Morgan fingerprint density at radius 2 is 1.74 bits per heavy atom. The van der Waals surface area contributed by atoms with Crippen LogP contribution >= 0.6 is 0 Å². The molecule has 2 N–H and O–H groups in total. The predicted molar refractivity (Wildman–Crippen MR) is 69.7 cm³/mol. The minimum Gasteiger partial charge on any atom is -0.393 e. The molecule has 1 aliphatic rings. The summed E-state index contributed by atoms with van der Waals surface area (Å²) in [5.41, 5.74) is 0.430. The molecule has 0 aromatic heterocycles. The van der Waals surface area contributed by atoms with Crippen LogP contribution < -0.4 is 4.72 Å². The zero-order valence-electron chi connectivity index (χ0n) is 10.4. The van der Waals surface area contributed by atoms with E-state index in [4.69, 9.17) is 5.26 Å². The van der Waals surface area contributed by atoms with E-state index in [1.807, 2.05) is 6.07 Å². The summed E-state index contributed by atoms with van der Waals surface area (Å²) < 4.78 is 26.9. The summed E-state index contributed by atoms with van der Waals surface area (Å²) in [5.74, 6) is 0. The monoisotopic (exact) mass is 280 g/mol. The quantitative estimate of drug-likeness (QED) is 0.868. The highest BCUT2D eigenvalue weighted by Crippen LogP contribution is 2.20. The van der Waals surface area contributed by atoms with Crippen LogP contribution in [0.3, 0.4) is 0 Å². The van der Waals surface area contributed by atoms with Gasteiger partial charge in [-0.2, -0.15) is 5.26 Å². The van der Waals surface area contributed by atoms with Crippen LogP contribution in [0.25, 0.3) is 0 Å². The van der Waals surface area contributed by atoms with E-state index in [2.05, 4.69) is 4.72 Å². The maximum absolute atomic E-state index is 12.1. The predicted octanol–water partition coefficient (Wildman–Crippen LogP) is 1.14. The number of hydrogen-bond acceptors (Lipinski definition) is 4. The number of sulfonamides is 1. The maximum Gasteiger partial charge on any atom is 0.240 e. The Labute approximate surface area is 112 Å². The molecule has 5 nitrogen and oxygen atoms in total. The second-order valence-corrected chi connectivity index (χ2v) is 6.48. The molecule has 0 amide bonds. The third kappa shape index (κ3) is 3.53. The van der Waals surface area contributed by atoms with Crippen molar-refractivity contribution < 1.29 is 13.5 Å². The van der Waals surface area contributed by atoms with Crippen LogP contribution in [0.4, 0.5) is 0 Å². The molecule has 1 aliphatic carbocycles. The van der Waals surface area contributed by atoms with E-state index in [1.165, 1.54) is 24.3 Å². The van der Waals surface area contributed by atoms with E-state index in [-0.39, 0.29) is 17.0 Å². The second kappa shape index (κ2) is 5.70. The van der Waals surface area contributed by atoms with Crippen molar-refractivity contribution in [2.45, 2.75) is 42.7 Å². The standard InChI is InChI=1S/C13H16N2O3S/c14-9-10-1-7-13(8-2-10)19(17,18)15-11-3-5-12(16)6-4-11/h1-2,7-8,11-12,15-16H,3-6H2. The van der Waals surface area contributed by atoms with Gasteiger partial charge in [0, 0.05) is 6.04 Å². The van der Waals surface area contributed by atoms with Gasteiger partial charge in [-0.1, -0.05) is 0 Å². The lowest BCUT2D eigenvalue weighted by Gasteiger charge is -2.25. The first-order valence-electron chi connectivity index (χ1n) is 6.22. The van der Waals surface area contributed by atoms with Gasteiger partial charge in [-0.15, -0.1) is 0 Å². The lowest BCUT2D eigenvalue weighted by atomic mass is 9.94. The molecule has 0 spiro atoms. The molecular weight excluding hydrogens is 264 g/mol. The number of benzene rings is 1. The van der Waals surface area contributed by atoms with Crippen molar-refractivity contribution in [3.63, 3.8) is 0 Å². The van der Waals surface area contributed by atoms with E-state index in [0.29, 0.717) is 31.2 Å². The molecular formula is C13H16N2O3S. The molecule has 1 fully saturated rings. The topological polar surface area (TPSA) is 90.2 Å². The first-order valence-corrected chi connectivity index (χ1v) is 7.70. The highest BCUT2D eigenvalue weighted by atomic mass is 32.2. The summed E-state index contributed by atoms with van der Waals surface area (Å²) in [7, 11) is -3.54. The number of rotatable bonds is 3. The Kier molecular flexibility index (Phi) is 4.20. The summed E-state index contributed by atoms with van der Waals surface area (Å²) >= 11 is 0. The van der Waals surface area contributed by atoms with Crippen LogP contribution in [-0.2, 0) is 10.0 Å². The van der Waals surface area contributed by atoms with Crippen LogP contribution in [0.2, 0.25) is 0 Å². The van der Waals surface area contributed by atoms with Crippen LogP contribution in [0.5, 0.6) is 0 Å². The van der Waals surface area contributed by atoms with Crippen molar-refractivity contribution in [2.24, 2.45) is 0 Å². The van der Waals surface area contributed by atoms with Crippen molar-refractivity contribution in [1.82, 2.24) is 4.72 Å². The Morgan fingerprint density at radius 3 is 2.26 bits per heavy atom. The van der Waals surface area contributed by atoms with Crippen molar-refractivity contribution in [3.8, 4) is 6.07 Å². The molecule has 0 aliphatic heterocycles. The molecule has 0 heterocycles. The molecule has 1 aromatic carbocycles. The van der Waals surface area contributed by atoms with Crippen LogP contribution in [0, 0.1) is 11.3 Å². The van der Waals surface area contributed by atoms with Gasteiger partial charge in [0.15, 0.2) is 0 Å². The molecule has 102 valence electrons. The van der Waals surface area contributed by atoms with Gasteiger partial charge in [0.25, 0.3) is 0 Å². The fraction of sp³-hybridized carbons (Fsp3) is 0.462. The summed E-state index contributed by atoms with van der Waals surface area (Å²) in [6.45, 7) is 0. The average Bonchev–Trinajstić information content (AvgIpc) is 2.41. The van der Waals surface area contributed by atoms with Gasteiger partial charge in [-0.05, 0) is 49.9 Å². The summed E-state index contributed by atoms with van der Waals surface area (Å²) in [5, 5.41) is 18.1. The fourth-order valence-electron chi connectivity index (χ4n) is 2.19. The molecule has 6 heteroatoms. The highest BCUT2D eigenvalue weighted by molar-refractivity contribution is 7.89. The molecule has 0 radical (unpaired) electrons. The average molecular weight is 280 g/mol. The van der Waals surface area contributed by atoms with Gasteiger partial charge in [0.1, 0.15) is 0 Å². The highest BCUT2D eigenvalue weighted by Gasteiger charge is 2.24. The number of nitriles is 1. The van der Waals surface area contributed by atoms with Crippen molar-refractivity contribution in [2.75, 3.05) is 0 Å². The Bertz CT molecular complexity index is 567. The van der Waals surface area contributed by atoms with Crippen molar-refractivity contribution >= 4 is 10.0 Å². The zero-order chi connectivity index (χ0) is 13.9. The lowest BCUT2D eigenvalue weighted by Crippen LogP contribution is -2.38. The van der Waals surface area contributed by atoms with E-state index in [0.717, 1.165) is 0 Å². The number of aliphatic hydroxyl groups excluding tert-OH is 1. The van der Waals surface area contributed by atoms with Crippen LogP contribution in [-0.4, -0.2) is 25.7 Å². The van der Waals surface area contributed by atoms with Crippen LogP contribution in [0.15, 0.2) is 29.2 Å².